The molecule has 1 heterocycles. The Bertz CT molecular complexity index is 272. The highest BCUT2D eigenvalue weighted by molar-refractivity contribution is 5.05. The Kier molecular flexibility index (Phi) is 4.63. The summed E-state index contributed by atoms with van der Waals surface area (Å²) in [5.41, 5.74) is 7.83. The minimum atomic E-state index is 0.412. The highest BCUT2D eigenvalue weighted by atomic mass is 15.2. The van der Waals surface area contributed by atoms with Crippen molar-refractivity contribution in [3.63, 3.8) is 0 Å². The number of nitrogens with two attached hydrogens (primary N) is 1. The molecular formula is C15H28N2. The SMILES string of the molecule is CC1C(N)CCN(CCC2=CCCCC2)C1C. The lowest BCUT2D eigenvalue weighted by atomic mass is 9.87. The summed E-state index contributed by atoms with van der Waals surface area (Å²) in [6.45, 7) is 7.09. The van der Waals surface area contributed by atoms with Crippen LogP contribution in [0.5, 0.6) is 0 Å². The third-order valence-electron chi connectivity index (χ3n) is 4.87. The minimum absolute atomic E-state index is 0.412. The van der Waals surface area contributed by atoms with Gasteiger partial charge in [0.25, 0.3) is 0 Å². The maximum atomic E-state index is 6.13. The standard InChI is InChI=1S/C15H28N2/c1-12-13(2)17(11-9-15(12)16)10-8-14-6-4-3-5-7-14/h6,12-13,15H,3-5,7-11,16H2,1-2H3. The lowest BCUT2D eigenvalue weighted by Gasteiger charge is -2.41. The first kappa shape index (κ1) is 13.1. The first-order valence-corrected chi connectivity index (χ1v) is 7.36. The van der Waals surface area contributed by atoms with Gasteiger partial charge in [0.1, 0.15) is 0 Å². The Morgan fingerprint density at radius 1 is 1.35 bits per heavy atom. The van der Waals surface area contributed by atoms with Crippen LogP contribution in [0.15, 0.2) is 11.6 Å². The van der Waals surface area contributed by atoms with Crippen LogP contribution in [0.25, 0.3) is 0 Å². The zero-order valence-electron chi connectivity index (χ0n) is 11.5. The van der Waals surface area contributed by atoms with Crippen LogP contribution in [0.1, 0.15) is 52.4 Å². The Morgan fingerprint density at radius 3 is 2.88 bits per heavy atom. The molecule has 2 rings (SSSR count). The van der Waals surface area contributed by atoms with Crippen molar-refractivity contribution in [3.8, 4) is 0 Å². The molecule has 0 saturated carbocycles. The van der Waals surface area contributed by atoms with Crippen molar-refractivity contribution >= 4 is 0 Å². The Morgan fingerprint density at radius 2 is 2.18 bits per heavy atom. The summed E-state index contributed by atoms with van der Waals surface area (Å²) in [6.07, 6.45) is 10.4. The van der Waals surface area contributed by atoms with Crippen LogP contribution in [-0.4, -0.2) is 30.1 Å². The van der Waals surface area contributed by atoms with Crippen molar-refractivity contribution < 1.29 is 0 Å². The van der Waals surface area contributed by atoms with Gasteiger partial charge in [-0.3, -0.25) is 4.90 Å². The molecule has 98 valence electrons. The third-order valence-corrected chi connectivity index (χ3v) is 4.87. The topological polar surface area (TPSA) is 29.3 Å². The van der Waals surface area contributed by atoms with Crippen molar-refractivity contribution in [2.45, 2.75) is 64.5 Å². The largest absolute Gasteiger partial charge is 0.327 e. The van der Waals surface area contributed by atoms with Crippen molar-refractivity contribution in [2.75, 3.05) is 13.1 Å². The van der Waals surface area contributed by atoms with E-state index in [-0.39, 0.29) is 0 Å². The molecule has 0 radical (unpaired) electrons. The number of rotatable bonds is 3. The molecule has 2 heteroatoms. The molecule has 2 nitrogen and oxygen atoms in total. The lowest BCUT2D eigenvalue weighted by molar-refractivity contribution is 0.0989. The van der Waals surface area contributed by atoms with Crippen molar-refractivity contribution in [2.24, 2.45) is 11.7 Å². The van der Waals surface area contributed by atoms with E-state index in [9.17, 15) is 0 Å². The monoisotopic (exact) mass is 236 g/mol. The molecule has 0 amide bonds. The average molecular weight is 236 g/mol. The molecule has 0 aromatic heterocycles. The number of nitrogens with zero attached hydrogens (tertiary/aromatic N) is 1. The normalized spacial score (nSPS) is 35.7. The van der Waals surface area contributed by atoms with Gasteiger partial charge in [-0.25, -0.2) is 0 Å². The van der Waals surface area contributed by atoms with Gasteiger partial charge in [-0.1, -0.05) is 18.6 Å². The minimum Gasteiger partial charge on any atom is -0.327 e. The van der Waals surface area contributed by atoms with E-state index >= 15 is 0 Å². The molecule has 1 aliphatic carbocycles. The zero-order valence-corrected chi connectivity index (χ0v) is 11.5. The summed E-state index contributed by atoms with van der Waals surface area (Å²) >= 11 is 0. The van der Waals surface area contributed by atoms with E-state index in [0.717, 1.165) is 0 Å². The van der Waals surface area contributed by atoms with E-state index in [0.29, 0.717) is 18.0 Å². The molecule has 3 atom stereocenters. The van der Waals surface area contributed by atoms with Gasteiger partial charge < -0.3 is 5.73 Å². The van der Waals surface area contributed by atoms with Gasteiger partial charge in [0.05, 0.1) is 0 Å². The average Bonchev–Trinajstić information content (AvgIpc) is 2.36. The van der Waals surface area contributed by atoms with Gasteiger partial charge in [-0.15, -0.1) is 0 Å². The molecular weight excluding hydrogens is 208 g/mol. The molecule has 0 aromatic rings. The summed E-state index contributed by atoms with van der Waals surface area (Å²) in [6, 6.07) is 1.07. The summed E-state index contributed by atoms with van der Waals surface area (Å²) in [5, 5.41) is 0. The van der Waals surface area contributed by atoms with E-state index in [4.69, 9.17) is 5.73 Å². The van der Waals surface area contributed by atoms with Gasteiger partial charge >= 0.3 is 0 Å². The molecule has 1 fully saturated rings. The van der Waals surface area contributed by atoms with Gasteiger partial charge in [0.2, 0.25) is 0 Å². The molecule has 0 spiro atoms. The number of piperidine rings is 1. The van der Waals surface area contributed by atoms with Gasteiger partial charge in [-0.05, 0) is 57.9 Å². The molecule has 3 unspecified atom stereocenters. The Balaban J connectivity index is 1.80. The molecule has 0 bridgehead atoms. The predicted octanol–water partition coefficient (Wildman–Crippen LogP) is 2.93. The molecule has 2 N–H and O–H groups in total. The van der Waals surface area contributed by atoms with E-state index in [2.05, 4.69) is 24.8 Å². The second-order valence-corrected chi connectivity index (χ2v) is 5.95. The number of likely N-dealkylation sites (tertiary alicyclic amines) is 1. The Labute approximate surface area is 106 Å². The van der Waals surface area contributed by atoms with E-state index < -0.39 is 0 Å². The quantitative estimate of drug-likeness (QED) is 0.763. The fourth-order valence-corrected chi connectivity index (χ4v) is 3.21. The summed E-state index contributed by atoms with van der Waals surface area (Å²) < 4.78 is 0. The molecule has 1 aliphatic heterocycles. The molecule has 17 heavy (non-hydrogen) atoms. The van der Waals surface area contributed by atoms with Crippen LogP contribution in [0, 0.1) is 5.92 Å². The summed E-state index contributed by atoms with van der Waals surface area (Å²) in [7, 11) is 0. The third kappa shape index (κ3) is 3.32. The van der Waals surface area contributed by atoms with Crippen LogP contribution in [0.2, 0.25) is 0 Å². The molecule has 0 aromatic carbocycles. The van der Waals surface area contributed by atoms with Gasteiger partial charge in [0.15, 0.2) is 0 Å². The van der Waals surface area contributed by atoms with E-state index in [1.165, 1.54) is 51.6 Å². The maximum Gasteiger partial charge on any atom is 0.0107 e. The van der Waals surface area contributed by atoms with Crippen molar-refractivity contribution in [3.05, 3.63) is 11.6 Å². The smallest absolute Gasteiger partial charge is 0.0107 e. The van der Waals surface area contributed by atoms with E-state index in [1.807, 2.05) is 0 Å². The maximum absolute atomic E-state index is 6.13. The van der Waals surface area contributed by atoms with Crippen LogP contribution in [0.3, 0.4) is 0 Å². The van der Waals surface area contributed by atoms with E-state index in [1.54, 1.807) is 5.57 Å². The number of allylic oxidation sites excluding steroid dienone is 1. The van der Waals surface area contributed by atoms with Crippen LogP contribution in [-0.2, 0) is 0 Å². The fourth-order valence-electron chi connectivity index (χ4n) is 3.21. The second kappa shape index (κ2) is 6.01. The summed E-state index contributed by atoms with van der Waals surface area (Å²) in [5.74, 6) is 0.643. The van der Waals surface area contributed by atoms with Gasteiger partial charge in [-0.2, -0.15) is 0 Å². The number of hydrogen-bond acceptors (Lipinski definition) is 2. The first-order valence-electron chi connectivity index (χ1n) is 7.36. The summed E-state index contributed by atoms with van der Waals surface area (Å²) in [4.78, 5) is 2.64. The second-order valence-electron chi connectivity index (χ2n) is 5.95. The highest BCUT2D eigenvalue weighted by Gasteiger charge is 2.29. The van der Waals surface area contributed by atoms with Crippen molar-refractivity contribution in [1.82, 2.24) is 4.90 Å². The lowest BCUT2D eigenvalue weighted by Crippen LogP contribution is -2.51. The van der Waals surface area contributed by atoms with Crippen molar-refractivity contribution in [1.29, 1.82) is 0 Å². The number of hydrogen-bond donors (Lipinski definition) is 1. The Hall–Kier alpha value is -0.340. The molecule has 1 saturated heterocycles. The van der Waals surface area contributed by atoms with Crippen LogP contribution >= 0.6 is 0 Å². The first-order chi connectivity index (χ1) is 8.18. The van der Waals surface area contributed by atoms with Crippen LogP contribution < -0.4 is 5.73 Å². The predicted molar refractivity (Wildman–Crippen MR) is 74.0 cm³/mol. The zero-order chi connectivity index (χ0) is 12.3. The fraction of sp³-hybridized carbons (Fsp3) is 0.867. The highest BCUT2D eigenvalue weighted by Crippen LogP contribution is 2.25. The van der Waals surface area contributed by atoms with Crippen LogP contribution in [0.4, 0.5) is 0 Å². The molecule has 2 aliphatic rings. The van der Waals surface area contributed by atoms with Gasteiger partial charge in [0, 0.05) is 18.6 Å².